The molecule has 0 bridgehead atoms. The van der Waals surface area contributed by atoms with E-state index in [9.17, 15) is 0 Å². The van der Waals surface area contributed by atoms with Gasteiger partial charge in [0.15, 0.2) is 5.72 Å². The fraction of sp³-hybridized carbons (Fsp3) is 1.00. The van der Waals surface area contributed by atoms with Gasteiger partial charge in [-0.15, -0.1) is 0 Å². The molecule has 1 saturated heterocycles. The summed E-state index contributed by atoms with van der Waals surface area (Å²) in [4.78, 5) is 0. The Morgan fingerprint density at radius 2 is 1.60 bits per heavy atom. The Morgan fingerprint density at radius 3 is 2.36 bits per heavy atom. The molecule has 4 saturated carbocycles. The molecule has 7 atom stereocenters. The molecule has 0 aromatic heterocycles. The van der Waals surface area contributed by atoms with Crippen molar-refractivity contribution in [1.29, 1.82) is 0 Å². The second kappa shape index (κ2) is 5.25. The predicted octanol–water partition coefficient (Wildman–Crippen LogP) is 4.49. The van der Waals surface area contributed by atoms with Gasteiger partial charge in [0, 0.05) is 19.3 Å². The van der Waals surface area contributed by atoms with Crippen LogP contribution in [0.5, 0.6) is 0 Å². The average Bonchev–Trinajstić information content (AvgIpc) is 3.04. The van der Waals surface area contributed by atoms with Crippen LogP contribution in [0.15, 0.2) is 0 Å². The SMILES string of the molecule is CC1(C)[NH2+]C[C@]2(CC[C@H]3[C@H]4CC[C@H]5CCCC[C@]5(C)[C@@H]4CC[C@@]32C)O1. The van der Waals surface area contributed by atoms with Crippen LogP contribution in [-0.2, 0) is 4.74 Å². The van der Waals surface area contributed by atoms with Crippen LogP contribution in [-0.4, -0.2) is 17.9 Å². The van der Waals surface area contributed by atoms with E-state index in [4.69, 9.17) is 4.74 Å². The van der Waals surface area contributed by atoms with Gasteiger partial charge in [-0.3, -0.25) is 0 Å². The number of ether oxygens (including phenoxy) is 1. The van der Waals surface area contributed by atoms with Crippen LogP contribution < -0.4 is 5.32 Å². The molecule has 2 nitrogen and oxygen atoms in total. The molecule has 142 valence electrons. The van der Waals surface area contributed by atoms with Gasteiger partial charge in [0.2, 0.25) is 0 Å². The van der Waals surface area contributed by atoms with E-state index in [-0.39, 0.29) is 11.3 Å². The molecule has 5 rings (SSSR count). The van der Waals surface area contributed by atoms with E-state index in [0.717, 1.165) is 23.7 Å². The van der Waals surface area contributed by atoms with Crippen molar-refractivity contribution in [3.63, 3.8) is 0 Å². The molecular formula is C23H40NO+. The molecule has 1 aliphatic heterocycles. The summed E-state index contributed by atoms with van der Waals surface area (Å²) in [7, 11) is 0. The molecule has 0 unspecified atom stereocenters. The molecule has 2 heteroatoms. The Hall–Kier alpha value is -0.0800. The van der Waals surface area contributed by atoms with Gasteiger partial charge < -0.3 is 10.1 Å². The quantitative estimate of drug-likeness (QED) is 0.687. The summed E-state index contributed by atoms with van der Waals surface area (Å²) < 4.78 is 6.83. The zero-order chi connectivity index (χ0) is 17.5. The van der Waals surface area contributed by atoms with Gasteiger partial charge in [0.25, 0.3) is 0 Å². The molecule has 1 spiro atoms. The zero-order valence-corrected chi connectivity index (χ0v) is 17.1. The Morgan fingerprint density at radius 1 is 0.800 bits per heavy atom. The van der Waals surface area contributed by atoms with E-state index >= 15 is 0 Å². The summed E-state index contributed by atoms with van der Waals surface area (Å²) in [6, 6.07) is 0. The molecule has 0 aromatic carbocycles. The van der Waals surface area contributed by atoms with Gasteiger partial charge in [-0.1, -0.05) is 26.7 Å². The molecule has 25 heavy (non-hydrogen) atoms. The smallest absolute Gasteiger partial charge is 0.195 e. The summed E-state index contributed by atoms with van der Waals surface area (Å²) in [6.07, 6.45) is 14.7. The monoisotopic (exact) mass is 346 g/mol. The minimum absolute atomic E-state index is 0.0121. The Labute approximate surface area is 154 Å². The van der Waals surface area contributed by atoms with E-state index in [0.29, 0.717) is 10.8 Å². The van der Waals surface area contributed by atoms with E-state index in [2.05, 4.69) is 33.0 Å². The summed E-state index contributed by atoms with van der Waals surface area (Å²) >= 11 is 0. The average molecular weight is 347 g/mol. The number of rotatable bonds is 0. The second-order valence-electron chi connectivity index (χ2n) is 11.5. The van der Waals surface area contributed by atoms with Crippen molar-refractivity contribution < 1.29 is 10.1 Å². The molecule has 0 radical (unpaired) electrons. The normalized spacial score (nSPS) is 57.1. The Bertz CT molecular complexity index is 558. The van der Waals surface area contributed by atoms with Crippen LogP contribution in [0.25, 0.3) is 0 Å². The lowest BCUT2D eigenvalue weighted by Crippen LogP contribution is -2.92. The summed E-state index contributed by atoms with van der Waals surface area (Å²) in [5.41, 5.74) is 1.24. The summed E-state index contributed by atoms with van der Waals surface area (Å²) in [5.74, 6) is 3.97. The van der Waals surface area contributed by atoms with Crippen molar-refractivity contribution in [2.24, 2.45) is 34.5 Å². The minimum Gasteiger partial charge on any atom is -0.317 e. The van der Waals surface area contributed by atoms with Crippen LogP contribution in [0.1, 0.15) is 91.9 Å². The molecule has 1 heterocycles. The highest BCUT2D eigenvalue weighted by Gasteiger charge is 2.69. The standard InChI is InChI=1S/C23H39NO/c1-20(2)24-15-23(25-20)14-11-19-17-9-8-16-7-5-6-12-21(16,3)18(17)10-13-22(19,23)4/h16-19,24H,5-15H2,1-4H3/p+1/t16-,17+,18-,19+,21+,22+,23+/m1/s1. The molecule has 0 amide bonds. The number of quaternary nitrogens is 1. The first-order valence-electron chi connectivity index (χ1n) is 11.3. The zero-order valence-electron chi connectivity index (χ0n) is 17.1. The van der Waals surface area contributed by atoms with Gasteiger partial charge in [-0.2, -0.15) is 0 Å². The maximum atomic E-state index is 6.83. The van der Waals surface area contributed by atoms with Crippen molar-refractivity contribution in [2.45, 2.75) is 103 Å². The first-order valence-corrected chi connectivity index (χ1v) is 11.3. The third kappa shape index (κ3) is 2.16. The highest BCUT2D eigenvalue weighted by atomic mass is 16.6. The maximum Gasteiger partial charge on any atom is 0.195 e. The van der Waals surface area contributed by atoms with Crippen LogP contribution >= 0.6 is 0 Å². The topological polar surface area (TPSA) is 25.8 Å². The third-order valence-corrected chi connectivity index (χ3v) is 10.3. The number of hydrogen-bond donors (Lipinski definition) is 1. The van der Waals surface area contributed by atoms with E-state index in [1.807, 2.05) is 0 Å². The van der Waals surface area contributed by atoms with Crippen molar-refractivity contribution >= 4 is 0 Å². The molecule has 0 aromatic rings. The number of fused-ring (bicyclic) bond motifs is 6. The molecule has 5 fully saturated rings. The molecule has 5 aliphatic rings. The first-order chi connectivity index (χ1) is 11.8. The van der Waals surface area contributed by atoms with E-state index in [1.165, 1.54) is 70.8 Å². The molecule has 4 aliphatic carbocycles. The van der Waals surface area contributed by atoms with E-state index < -0.39 is 0 Å². The predicted molar refractivity (Wildman–Crippen MR) is 101 cm³/mol. The van der Waals surface area contributed by atoms with Crippen LogP contribution in [0, 0.1) is 34.5 Å². The van der Waals surface area contributed by atoms with Crippen molar-refractivity contribution in [2.75, 3.05) is 6.54 Å². The summed E-state index contributed by atoms with van der Waals surface area (Å²) in [6.45, 7) is 11.1. The fourth-order valence-electron chi connectivity index (χ4n) is 8.89. The fourth-order valence-corrected chi connectivity index (χ4v) is 8.89. The van der Waals surface area contributed by atoms with Gasteiger partial charge >= 0.3 is 0 Å². The number of nitrogens with two attached hydrogens (primary N) is 1. The molecular weight excluding hydrogens is 306 g/mol. The lowest BCUT2D eigenvalue weighted by Gasteiger charge is -2.61. The van der Waals surface area contributed by atoms with Crippen LogP contribution in [0.4, 0.5) is 0 Å². The van der Waals surface area contributed by atoms with Crippen LogP contribution in [0.2, 0.25) is 0 Å². The van der Waals surface area contributed by atoms with Gasteiger partial charge in [-0.25, -0.2) is 0 Å². The number of hydrogen-bond acceptors (Lipinski definition) is 1. The Kier molecular flexibility index (Phi) is 3.58. The van der Waals surface area contributed by atoms with Gasteiger partial charge in [0.1, 0.15) is 12.1 Å². The summed E-state index contributed by atoms with van der Waals surface area (Å²) in [5, 5.41) is 2.48. The maximum absolute atomic E-state index is 6.83. The first kappa shape index (κ1) is 17.0. The van der Waals surface area contributed by atoms with Crippen molar-refractivity contribution in [1.82, 2.24) is 0 Å². The van der Waals surface area contributed by atoms with Gasteiger partial charge in [-0.05, 0) is 80.5 Å². The van der Waals surface area contributed by atoms with Crippen molar-refractivity contribution in [3.8, 4) is 0 Å². The molecule has 2 N–H and O–H groups in total. The third-order valence-electron chi connectivity index (χ3n) is 10.3. The lowest BCUT2D eigenvalue weighted by atomic mass is 9.44. The van der Waals surface area contributed by atoms with E-state index in [1.54, 1.807) is 0 Å². The van der Waals surface area contributed by atoms with Crippen LogP contribution in [0.3, 0.4) is 0 Å². The second-order valence-corrected chi connectivity index (χ2v) is 11.5. The highest BCUT2D eigenvalue weighted by Crippen LogP contribution is 2.69. The Balaban J connectivity index is 1.46. The lowest BCUT2D eigenvalue weighted by molar-refractivity contribution is -0.725. The largest absolute Gasteiger partial charge is 0.317 e. The van der Waals surface area contributed by atoms with Gasteiger partial charge in [0.05, 0.1) is 0 Å². The highest BCUT2D eigenvalue weighted by molar-refractivity contribution is 5.15. The minimum atomic E-state index is -0.0121. The van der Waals surface area contributed by atoms with Crippen molar-refractivity contribution in [3.05, 3.63) is 0 Å².